The Morgan fingerprint density at radius 3 is 2.53 bits per heavy atom. The molecule has 0 aliphatic carbocycles. The van der Waals surface area contributed by atoms with Crippen molar-refractivity contribution in [1.82, 2.24) is 5.32 Å². The molecule has 1 atom stereocenters. The van der Waals surface area contributed by atoms with Crippen LogP contribution in [-0.2, 0) is 12.8 Å². The third-order valence-electron chi connectivity index (χ3n) is 3.94. The molecule has 0 spiro atoms. The Hall–Kier alpha value is -0.820. The van der Waals surface area contributed by atoms with Crippen molar-refractivity contribution in [1.29, 1.82) is 0 Å². The highest BCUT2D eigenvalue weighted by molar-refractivity contribution is 5.37. The van der Waals surface area contributed by atoms with Crippen LogP contribution < -0.4 is 5.32 Å². The van der Waals surface area contributed by atoms with Gasteiger partial charge in [0.05, 0.1) is 0 Å². The maximum Gasteiger partial charge on any atom is 0.0108 e. The van der Waals surface area contributed by atoms with Crippen LogP contribution >= 0.6 is 0 Å². The van der Waals surface area contributed by atoms with Gasteiger partial charge < -0.3 is 5.32 Å². The Kier molecular flexibility index (Phi) is 4.22. The fourth-order valence-electron chi connectivity index (χ4n) is 2.89. The van der Waals surface area contributed by atoms with Crippen molar-refractivity contribution < 1.29 is 0 Å². The Labute approximate surface area is 106 Å². The first-order valence-electron chi connectivity index (χ1n) is 7.03. The summed E-state index contributed by atoms with van der Waals surface area (Å²) in [6, 6.07) is 5.54. The minimum atomic E-state index is 0.713. The maximum atomic E-state index is 3.59. The van der Waals surface area contributed by atoms with Gasteiger partial charge in [-0.3, -0.25) is 0 Å². The van der Waals surface area contributed by atoms with Crippen LogP contribution in [0.5, 0.6) is 0 Å². The van der Waals surface area contributed by atoms with Gasteiger partial charge in [-0.25, -0.2) is 0 Å². The van der Waals surface area contributed by atoms with Crippen molar-refractivity contribution in [2.75, 3.05) is 6.54 Å². The van der Waals surface area contributed by atoms with Crippen LogP contribution in [0.3, 0.4) is 0 Å². The zero-order chi connectivity index (χ0) is 12.3. The van der Waals surface area contributed by atoms with Crippen LogP contribution in [0.4, 0.5) is 0 Å². The lowest BCUT2D eigenvalue weighted by molar-refractivity contribution is 0.601. The van der Waals surface area contributed by atoms with E-state index in [2.05, 4.69) is 38.2 Å². The number of hydrogen-bond donors (Lipinski definition) is 1. The highest BCUT2D eigenvalue weighted by Crippen LogP contribution is 2.20. The molecule has 17 heavy (non-hydrogen) atoms. The Morgan fingerprint density at radius 2 is 1.88 bits per heavy atom. The van der Waals surface area contributed by atoms with Gasteiger partial charge in [0.1, 0.15) is 0 Å². The topological polar surface area (TPSA) is 12.0 Å². The quantitative estimate of drug-likeness (QED) is 0.835. The van der Waals surface area contributed by atoms with Gasteiger partial charge in [0.2, 0.25) is 0 Å². The highest BCUT2D eigenvalue weighted by Gasteiger charge is 2.15. The normalized spacial score (nSPS) is 19.8. The number of aryl methyl sites for hydroxylation is 3. The van der Waals surface area contributed by atoms with E-state index in [4.69, 9.17) is 0 Å². The van der Waals surface area contributed by atoms with Crippen molar-refractivity contribution in [3.05, 3.63) is 34.4 Å². The fraction of sp³-hybridized carbons (Fsp3) is 0.625. The molecule has 1 aliphatic heterocycles. The minimum absolute atomic E-state index is 0.713. The third-order valence-corrected chi connectivity index (χ3v) is 3.94. The first-order chi connectivity index (χ1) is 8.20. The minimum Gasteiger partial charge on any atom is -0.314 e. The highest BCUT2D eigenvalue weighted by atomic mass is 14.9. The second-order valence-corrected chi connectivity index (χ2v) is 5.45. The van der Waals surface area contributed by atoms with Crippen molar-refractivity contribution in [3.8, 4) is 0 Å². The number of nitrogens with one attached hydrogen (secondary N) is 1. The smallest absolute Gasteiger partial charge is 0.0108 e. The molecule has 1 N–H and O–H groups in total. The summed E-state index contributed by atoms with van der Waals surface area (Å²) >= 11 is 0. The SMILES string of the molecule is CCCc1cc(C)c(CC2CCCN2)cc1C. The lowest BCUT2D eigenvalue weighted by Gasteiger charge is -2.15. The average Bonchev–Trinajstić information content (AvgIpc) is 2.78. The van der Waals surface area contributed by atoms with E-state index in [1.165, 1.54) is 55.3 Å². The molecule has 1 nitrogen and oxygen atoms in total. The third kappa shape index (κ3) is 3.10. The van der Waals surface area contributed by atoms with E-state index in [0.717, 1.165) is 0 Å². The van der Waals surface area contributed by atoms with Crippen LogP contribution in [0.1, 0.15) is 48.4 Å². The molecule has 2 rings (SSSR count). The molecular weight excluding hydrogens is 206 g/mol. The first kappa shape index (κ1) is 12.6. The van der Waals surface area contributed by atoms with Crippen LogP contribution in [0.15, 0.2) is 12.1 Å². The zero-order valence-corrected chi connectivity index (χ0v) is 11.5. The summed E-state index contributed by atoms with van der Waals surface area (Å²) in [7, 11) is 0. The van der Waals surface area contributed by atoms with Crippen LogP contribution in [-0.4, -0.2) is 12.6 Å². The van der Waals surface area contributed by atoms with Gasteiger partial charge in [-0.15, -0.1) is 0 Å². The molecule has 1 heterocycles. The monoisotopic (exact) mass is 231 g/mol. The lowest BCUT2D eigenvalue weighted by atomic mass is 9.93. The summed E-state index contributed by atoms with van der Waals surface area (Å²) in [6.07, 6.45) is 6.35. The molecule has 0 radical (unpaired) electrons. The fourth-order valence-corrected chi connectivity index (χ4v) is 2.89. The van der Waals surface area contributed by atoms with E-state index >= 15 is 0 Å². The van der Waals surface area contributed by atoms with Gasteiger partial charge in [0.15, 0.2) is 0 Å². The number of benzene rings is 1. The van der Waals surface area contributed by atoms with Gasteiger partial charge in [0.25, 0.3) is 0 Å². The van der Waals surface area contributed by atoms with E-state index in [9.17, 15) is 0 Å². The standard InChI is InChI=1S/C16H25N/c1-4-6-14-9-13(3)15(10-12(14)2)11-16-7-5-8-17-16/h9-10,16-17H,4-8,11H2,1-3H3. The van der Waals surface area contributed by atoms with E-state index < -0.39 is 0 Å². The lowest BCUT2D eigenvalue weighted by Crippen LogP contribution is -2.24. The van der Waals surface area contributed by atoms with E-state index in [0.29, 0.717) is 6.04 Å². The van der Waals surface area contributed by atoms with Gasteiger partial charge in [-0.05, 0) is 68.3 Å². The second-order valence-electron chi connectivity index (χ2n) is 5.45. The number of rotatable bonds is 4. The molecule has 1 heteroatoms. The molecule has 0 bridgehead atoms. The Bertz CT molecular complexity index is 375. The van der Waals surface area contributed by atoms with E-state index in [1.54, 1.807) is 5.56 Å². The molecule has 0 saturated carbocycles. The summed E-state index contributed by atoms with van der Waals surface area (Å²) in [5.41, 5.74) is 6.04. The molecule has 1 aromatic rings. The van der Waals surface area contributed by atoms with Crippen LogP contribution in [0.2, 0.25) is 0 Å². The van der Waals surface area contributed by atoms with Crippen LogP contribution in [0, 0.1) is 13.8 Å². The summed E-state index contributed by atoms with van der Waals surface area (Å²) in [6.45, 7) is 7.99. The summed E-state index contributed by atoms with van der Waals surface area (Å²) in [4.78, 5) is 0. The largest absolute Gasteiger partial charge is 0.314 e. The van der Waals surface area contributed by atoms with Gasteiger partial charge in [-0.2, -0.15) is 0 Å². The molecule has 0 aromatic heterocycles. The molecule has 0 amide bonds. The van der Waals surface area contributed by atoms with Gasteiger partial charge >= 0.3 is 0 Å². The molecule has 1 aliphatic rings. The molecule has 1 unspecified atom stereocenters. The second kappa shape index (κ2) is 5.68. The van der Waals surface area contributed by atoms with Crippen molar-refractivity contribution >= 4 is 0 Å². The predicted octanol–water partition coefficient (Wildman–Crippen LogP) is 3.55. The average molecular weight is 231 g/mol. The Balaban J connectivity index is 2.14. The zero-order valence-electron chi connectivity index (χ0n) is 11.5. The summed E-state index contributed by atoms with van der Waals surface area (Å²) in [5, 5.41) is 3.59. The predicted molar refractivity (Wildman–Crippen MR) is 74.6 cm³/mol. The summed E-state index contributed by atoms with van der Waals surface area (Å²) in [5.74, 6) is 0. The Morgan fingerprint density at radius 1 is 1.18 bits per heavy atom. The molecular formula is C16H25N. The van der Waals surface area contributed by atoms with Crippen molar-refractivity contribution in [2.24, 2.45) is 0 Å². The summed E-state index contributed by atoms with van der Waals surface area (Å²) < 4.78 is 0. The molecule has 94 valence electrons. The van der Waals surface area contributed by atoms with Crippen LogP contribution in [0.25, 0.3) is 0 Å². The maximum absolute atomic E-state index is 3.59. The molecule has 1 saturated heterocycles. The molecule has 1 aromatic carbocycles. The first-order valence-corrected chi connectivity index (χ1v) is 7.03. The number of hydrogen-bond acceptors (Lipinski definition) is 1. The van der Waals surface area contributed by atoms with E-state index in [1.807, 2.05) is 0 Å². The van der Waals surface area contributed by atoms with E-state index in [-0.39, 0.29) is 0 Å². The van der Waals surface area contributed by atoms with Crippen molar-refractivity contribution in [2.45, 2.75) is 58.9 Å². The molecule has 1 fully saturated rings. The van der Waals surface area contributed by atoms with Gasteiger partial charge in [-0.1, -0.05) is 25.5 Å². The van der Waals surface area contributed by atoms with Gasteiger partial charge in [0, 0.05) is 6.04 Å². The van der Waals surface area contributed by atoms with Crippen molar-refractivity contribution in [3.63, 3.8) is 0 Å².